The number of halogens is 1. The predicted octanol–water partition coefficient (Wildman–Crippen LogP) is 4.98. The van der Waals surface area contributed by atoms with Crippen molar-refractivity contribution in [1.29, 1.82) is 0 Å². The number of aromatic nitrogens is 1. The molecule has 0 atom stereocenters. The molecule has 1 heterocycles. The maximum absolute atomic E-state index is 13.2. The second-order valence-electron chi connectivity index (χ2n) is 5.67. The third-order valence-corrected chi connectivity index (χ3v) is 4.07. The Morgan fingerprint density at radius 3 is 2.58 bits per heavy atom. The van der Waals surface area contributed by atoms with E-state index < -0.39 is 0 Å². The molecule has 0 aliphatic heterocycles. The van der Waals surface area contributed by atoms with Crippen LogP contribution in [0.25, 0.3) is 0 Å². The first-order valence-corrected chi connectivity index (χ1v) is 8.75. The lowest BCUT2D eigenvalue weighted by molar-refractivity contribution is 0.0984. The summed E-state index contributed by atoms with van der Waals surface area (Å²) in [6.45, 7) is 2.85. The molecule has 0 aliphatic rings. The molecule has 0 unspecified atom stereocenters. The fourth-order valence-electron chi connectivity index (χ4n) is 2.58. The van der Waals surface area contributed by atoms with Gasteiger partial charge in [-0.3, -0.25) is 9.69 Å². The Morgan fingerprint density at radius 1 is 1.08 bits per heavy atom. The molecule has 1 aromatic heterocycles. The zero-order valence-electron chi connectivity index (χ0n) is 14.4. The van der Waals surface area contributed by atoms with Crippen molar-refractivity contribution in [2.45, 2.75) is 13.5 Å². The zero-order valence-corrected chi connectivity index (χ0v) is 15.2. The summed E-state index contributed by atoms with van der Waals surface area (Å²) in [6, 6.07) is 20.1. The maximum Gasteiger partial charge on any atom is 0.259 e. The van der Waals surface area contributed by atoms with Crippen molar-refractivity contribution >= 4 is 23.3 Å². The highest BCUT2D eigenvalue weighted by Crippen LogP contribution is 2.21. The first-order chi connectivity index (χ1) is 12.7. The van der Waals surface area contributed by atoms with Gasteiger partial charge in [0.05, 0.1) is 13.2 Å². The lowest BCUT2D eigenvalue weighted by atomic mass is 10.1. The van der Waals surface area contributed by atoms with Gasteiger partial charge in [0, 0.05) is 16.8 Å². The van der Waals surface area contributed by atoms with E-state index in [-0.39, 0.29) is 5.91 Å². The number of hydrogen-bond donors (Lipinski definition) is 0. The smallest absolute Gasteiger partial charge is 0.259 e. The van der Waals surface area contributed by atoms with Crippen molar-refractivity contribution in [3.63, 3.8) is 0 Å². The maximum atomic E-state index is 13.2. The Hall–Kier alpha value is -2.85. The van der Waals surface area contributed by atoms with Crippen LogP contribution in [-0.4, -0.2) is 17.5 Å². The van der Waals surface area contributed by atoms with Crippen LogP contribution >= 0.6 is 11.6 Å². The predicted molar refractivity (Wildman–Crippen MR) is 104 cm³/mol. The highest BCUT2D eigenvalue weighted by molar-refractivity contribution is 6.30. The van der Waals surface area contributed by atoms with Gasteiger partial charge in [-0.05, 0) is 55.0 Å². The molecule has 3 aromatic rings. The monoisotopic (exact) mass is 366 g/mol. The standard InChI is InChI=1S/C21H19ClN2O2/c1-2-26-19-7-5-6-17(14-19)21(25)24(20-8-3-4-13-23-20)15-16-9-11-18(22)12-10-16/h3-14H,2,15H2,1H3. The second-order valence-corrected chi connectivity index (χ2v) is 6.10. The molecular formula is C21H19ClN2O2. The fourth-order valence-corrected chi connectivity index (χ4v) is 2.71. The van der Waals surface area contributed by atoms with Gasteiger partial charge in [-0.15, -0.1) is 0 Å². The van der Waals surface area contributed by atoms with E-state index in [0.717, 1.165) is 5.56 Å². The number of nitrogens with zero attached hydrogens (tertiary/aromatic N) is 2. The molecule has 2 aromatic carbocycles. The van der Waals surface area contributed by atoms with Gasteiger partial charge in [0.25, 0.3) is 5.91 Å². The number of hydrogen-bond acceptors (Lipinski definition) is 3. The van der Waals surface area contributed by atoms with E-state index in [1.165, 1.54) is 0 Å². The van der Waals surface area contributed by atoms with Crippen molar-refractivity contribution in [1.82, 2.24) is 4.98 Å². The van der Waals surface area contributed by atoms with Gasteiger partial charge in [-0.25, -0.2) is 4.98 Å². The van der Waals surface area contributed by atoms with Gasteiger partial charge >= 0.3 is 0 Å². The van der Waals surface area contributed by atoms with Crippen LogP contribution in [-0.2, 0) is 6.54 Å². The topological polar surface area (TPSA) is 42.4 Å². The minimum absolute atomic E-state index is 0.139. The molecule has 0 N–H and O–H groups in total. The number of rotatable bonds is 6. The van der Waals surface area contributed by atoms with E-state index in [1.807, 2.05) is 61.5 Å². The normalized spacial score (nSPS) is 10.4. The summed E-state index contributed by atoms with van der Waals surface area (Å²) in [6.07, 6.45) is 1.67. The van der Waals surface area contributed by atoms with Crippen molar-refractivity contribution in [2.24, 2.45) is 0 Å². The molecule has 5 heteroatoms. The molecule has 1 amide bonds. The number of carbonyl (C=O) groups excluding carboxylic acids is 1. The van der Waals surface area contributed by atoms with Gasteiger partial charge in [0.2, 0.25) is 0 Å². The number of pyridine rings is 1. The third-order valence-electron chi connectivity index (χ3n) is 3.82. The van der Waals surface area contributed by atoms with E-state index in [9.17, 15) is 4.79 Å². The van der Waals surface area contributed by atoms with Crippen molar-refractivity contribution < 1.29 is 9.53 Å². The Bertz CT molecular complexity index is 867. The summed E-state index contributed by atoms with van der Waals surface area (Å²) in [7, 11) is 0. The van der Waals surface area contributed by atoms with E-state index in [4.69, 9.17) is 16.3 Å². The molecular weight excluding hydrogens is 348 g/mol. The molecule has 0 spiro atoms. The van der Waals surface area contributed by atoms with Crippen LogP contribution in [0.4, 0.5) is 5.82 Å². The highest BCUT2D eigenvalue weighted by Gasteiger charge is 2.19. The van der Waals surface area contributed by atoms with Gasteiger partial charge in [0.15, 0.2) is 0 Å². The van der Waals surface area contributed by atoms with E-state index in [0.29, 0.717) is 35.3 Å². The molecule has 0 bridgehead atoms. The van der Waals surface area contributed by atoms with E-state index in [2.05, 4.69) is 4.98 Å². The number of amides is 1. The van der Waals surface area contributed by atoms with Crippen molar-refractivity contribution in [3.05, 3.63) is 89.1 Å². The van der Waals surface area contributed by atoms with Crippen LogP contribution in [0.15, 0.2) is 72.9 Å². The average molecular weight is 367 g/mol. The summed E-state index contributed by atoms with van der Waals surface area (Å²) in [5.74, 6) is 1.13. The Morgan fingerprint density at radius 2 is 1.88 bits per heavy atom. The van der Waals surface area contributed by atoms with Crippen LogP contribution in [0.3, 0.4) is 0 Å². The van der Waals surface area contributed by atoms with E-state index >= 15 is 0 Å². The number of benzene rings is 2. The van der Waals surface area contributed by atoms with Crippen molar-refractivity contribution in [3.8, 4) is 5.75 Å². The van der Waals surface area contributed by atoms with Crippen LogP contribution in [0.2, 0.25) is 5.02 Å². The summed E-state index contributed by atoms with van der Waals surface area (Å²) in [4.78, 5) is 19.2. The number of anilines is 1. The molecule has 0 aliphatic carbocycles. The summed E-state index contributed by atoms with van der Waals surface area (Å²) < 4.78 is 5.51. The molecule has 0 saturated carbocycles. The zero-order chi connectivity index (χ0) is 18.4. The Labute approximate surface area is 158 Å². The van der Waals surface area contributed by atoms with Crippen LogP contribution in [0.5, 0.6) is 5.75 Å². The van der Waals surface area contributed by atoms with Gasteiger partial charge < -0.3 is 4.74 Å². The Kier molecular flexibility index (Phi) is 5.87. The SMILES string of the molecule is CCOc1cccc(C(=O)N(Cc2ccc(Cl)cc2)c2ccccn2)c1. The lowest BCUT2D eigenvalue weighted by Crippen LogP contribution is -2.31. The molecule has 0 saturated heterocycles. The molecule has 0 fully saturated rings. The van der Waals surface area contributed by atoms with Gasteiger partial charge in [0.1, 0.15) is 11.6 Å². The minimum atomic E-state index is -0.139. The Balaban J connectivity index is 1.93. The van der Waals surface area contributed by atoms with Crippen LogP contribution in [0.1, 0.15) is 22.8 Å². The average Bonchev–Trinajstić information content (AvgIpc) is 2.68. The first-order valence-electron chi connectivity index (χ1n) is 8.37. The molecule has 3 rings (SSSR count). The van der Waals surface area contributed by atoms with Gasteiger partial charge in [-0.1, -0.05) is 35.9 Å². The molecule has 4 nitrogen and oxygen atoms in total. The number of carbonyl (C=O) groups is 1. The quantitative estimate of drug-likeness (QED) is 0.617. The van der Waals surface area contributed by atoms with Gasteiger partial charge in [-0.2, -0.15) is 0 Å². The van der Waals surface area contributed by atoms with E-state index in [1.54, 1.807) is 23.2 Å². The molecule has 132 valence electrons. The molecule has 0 radical (unpaired) electrons. The first kappa shape index (κ1) is 18.0. The third kappa shape index (κ3) is 4.41. The lowest BCUT2D eigenvalue weighted by Gasteiger charge is -2.22. The van der Waals surface area contributed by atoms with Crippen molar-refractivity contribution in [2.75, 3.05) is 11.5 Å². The summed E-state index contributed by atoms with van der Waals surface area (Å²) >= 11 is 5.96. The summed E-state index contributed by atoms with van der Waals surface area (Å²) in [5, 5.41) is 0.661. The van der Waals surface area contributed by atoms with Crippen LogP contribution in [0, 0.1) is 0 Å². The minimum Gasteiger partial charge on any atom is -0.494 e. The fraction of sp³-hybridized carbons (Fsp3) is 0.143. The number of ether oxygens (including phenoxy) is 1. The summed E-state index contributed by atoms with van der Waals surface area (Å²) in [5.41, 5.74) is 1.52. The largest absolute Gasteiger partial charge is 0.494 e. The molecule has 26 heavy (non-hydrogen) atoms. The highest BCUT2D eigenvalue weighted by atomic mass is 35.5. The van der Waals surface area contributed by atoms with Crippen LogP contribution < -0.4 is 9.64 Å². The second kappa shape index (κ2) is 8.50.